The summed E-state index contributed by atoms with van der Waals surface area (Å²) in [6, 6.07) is 6.69. The molecule has 0 aliphatic carbocycles. The highest BCUT2D eigenvalue weighted by Gasteiger charge is 1.95. The summed E-state index contributed by atoms with van der Waals surface area (Å²) in [7, 11) is 0. The van der Waals surface area contributed by atoms with E-state index < -0.39 is 0 Å². The van der Waals surface area contributed by atoms with E-state index in [0.29, 0.717) is 0 Å². The summed E-state index contributed by atoms with van der Waals surface area (Å²) in [5.41, 5.74) is 4.30. The van der Waals surface area contributed by atoms with Crippen molar-refractivity contribution < 1.29 is 4.79 Å². The molecular weight excluding hydrogens is 196 g/mol. The molecule has 0 atom stereocenters. The van der Waals surface area contributed by atoms with Gasteiger partial charge in [0.25, 0.3) is 0 Å². The first-order valence-corrected chi connectivity index (χ1v) is 5.70. The zero-order valence-corrected chi connectivity index (χ0v) is 10.8. The van der Waals surface area contributed by atoms with Crippen LogP contribution in [0.15, 0.2) is 30.9 Å². The Morgan fingerprint density at radius 2 is 1.94 bits per heavy atom. The van der Waals surface area contributed by atoms with Gasteiger partial charge in [0.2, 0.25) is 0 Å². The summed E-state index contributed by atoms with van der Waals surface area (Å²) in [5, 5.41) is 0. The summed E-state index contributed by atoms with van der Waals surface area (Å²) in [6.45, 7) is 11.2. The van der Waals surface area contributed by atoms with Crippen molar-refractivity contribution >= 4 is 5.78 Å². The van der Waals surface area contributed by atoms with Gasteiger partial charge >= 0.3 is 0 Å². The Morgan fingerprint density at radius 3 is 2.31 bits per heavy atom. The van der Waals surface area contributed by atoms with E-state index in [9.17, 15) is 4.79 Å². The standard InChI is InChI=1S/C11H16.C4H6O/c1-4-5-11-7-6-9(2)8-10(11)3;1-3-4(2)5/h6-8H,4-5H2,1-3H3;3H,1H2,2H3. The fraction of sp³-hybridized carbons (Fsp3) is 0.400. The highest BCUT2D eigenvalue weighted by molar-refractivity contribution is 5.86. The molecule has 1 nitrogen and oxygen atoms in total. The zero-order valence-electron chi connectivity index (χ0n) is 10.8. The lowest BCUT2D eigenvalue weighted by Crippen LogP contribution is -1.88. The molecule has 0 amide bonds. The van der Waals surface area contributed by atoms with E-state index in [1.807, 2.05) is 0 Å². The predicted molar refractivity (Wildman–Crippen MR) is 70.8 cm³/mol. The van der Waals surface area contributed by atoms with E-state index in [1.54, 1.807) is 0 Å². The third-order valence-electron chi connectivity index (χ3n) is 2.30. The van der Waals surface area contributed by atoms with Gasteiger partial charge in [-0.2, -0.15) is 0 Å². The molecular formula is C15H22O. The van der Waals surface area contributed by atoms with E-state index in [4.69, 9.17) is 0 Å². The van der Waals surface area contributed by atoms with E-state index >= 15 is 0 Å². The molecule has 0 spiro atoms. The Hall–Kier alpha value is -1.37. The lowest BCUT2D eigenvalue weighted by molar-refractivity contribution is -0.112. The minimum atomic E-state index is 0.0185. The molecule has 0 saturated heterocycles. The van der Waals surface area contributed by atoms with Gasteiger partial charge in [-0.05, 0) is 44.4 Å². The van der Waals surface area contributed by atoms with Crippen LogP contribution in [0, 0.1) is 13.8 Å². The summed E-state index contributed by atoms with van der Waals surface area (Å²) in [6.07, 6.45) is 3.73. The first-order valence-electron chi connectivity index (χ1n) is 5.70. The first-order chi connectivity index (χ1) is 7.51. The first kappa shape index (κ1) is 14.6. The van der Waals surface area contributed by atoms with Gasteiger partial charge in [0.1, 0.15) is 0 Å². The van der Waals surface area contributed by atoms with E-state index in [1.165, 1.54) is 42.5 Å². The average molecular weight is 218 g/mol. The van der Waals surface area contributed by atoms with Crippen molar-refractivity contribution in [2.24, 2.45) is 0 Å². The van der Waals surface area contributed by atoms with Gasteiger partial charge in [-0.1, -0.05) is 43.7 Å². The fourth-order valence-corrected chi connectivity index (χ4v) is 1.40. The maximum Gasteiger partial charge on any atom is 0.152 e. The van der Waals surface area contributed by atoms with Crippen LogP contribution in [0.25, 0.3) is 0 Å². The van der Waals surface area contributed by atoms with Crippen molar-refractivity contribution in [2.45, 2.75) is 40.5 Å². The summed E-state index contributed by atoms with van der Waals surface area (Å²) < 4.78 is 0. The zero-order chi connectivity index (χ0) is 12.6. The third kappa shape index (κ3) is 6.18. The molecule has 0 aliphatic heterocycles. The summed E-state index contributed by atoms with van der Waals surface area (Å²) in [5.74, 6) is 0.0185. The maximum absolute atomic E-state index is 9.69. The van der Waals surface area contributed by atoms with Crippen molar-refractivity contribution in [3.63, 3.8) is 0 Å². The van der Waals surface area contributed by atoms with Gasteiger partial charge in [-0.25, -0.2) is 0 Å². The lowest BCUT2D eigenvalue weighted by Gasteiger charge is -2.04. The molecule has 1 aromatic carbocycles. The molecule has 16 heavy (non-hydrogen) atoms. The number of carbonyl (C=O) groups is 1. The Kier molecular flexibility index (Phi) is 7.19. The SMILES string of the molecule is C=CC(C)=O.CCCc1ccc(C)cc1C. The normalized spacial score (nSPS) is 9.00. The number of ketones is 1. The number of hydrogen-bond donors (Lipinski definition) is 0. The van der Waals surface area contributed by atoms with Gasteiger partial charge < -0.3 is 0 Å². The van der Waals surface area contributed by atoms with Crippen LogP contribution in [0.2, 0.25) is 0 Å². The van der Waals surface area contributed by atoms with Crippen molar-refractivity contribution in [3.8, 4) is 0 Å². The second-order valence-corrected chi connectivity index (χ2v) is 3.99. The van der Waals surface area contributed by atoms with Gasteiger partial charge in [0.15, 0.2) is 5.78 Å². The number of hydrogen-bond acceptors (Lipinski definition) is 1. The molecule has 0 radical (unpaired) electrons. The van der Waals surface area contributed by atoms with Crippen LogP contribution >= 0.6 is 0 Å². The Balaban J connectivity index is 0.000000385. The topological polar surface area (TPSA) is 17.1 Å². The molecule has 1 aromatic rings. The summed E-state index contributed by atoms with van der Waals surface area (Å²) >= 11 is 0. The van der Waals surface area contributed by atoms with Crippen molar-refractivity contribution in [3.05, 3.63) is 47.5 Å². The molecule has 0 fully saturated rings. The largest absolute Gasteiger partial charge is 0.295 e. The molecule has 0 heterocycles. The number of allylic oxidation sites excluding steroid dienone is 1. The Bertz CT molecular complexity index is 350. The van der Waals surface area contributed by atoms with Crippen molar-refractivity contribution in [1.82, 2.24) is 0 Å². The Morgan fingerprint density at radius 1 is 1.38 bits per heavy atom. The van der Waals surface area contributed by atoms with Crippen LogP contribution < -0.4 is 0 Å². The van der Waals surface area contributed by atoms with Crippen molar-refractivity contribution in [1.29, 1.82) is 0 Å². The van der Waals surface area contributed by atoms with Crippen LogP contribution in [-0.4, -0.2) is 5.78 Å². The highest BCUT2D eigenvalue weighted by Crippen LogP contribution is 2.11. The second-order valence-electron chi connectivity index (χ2n) is 3.99. The molecule has 0 bridgehead atoms. The van der Waals surface area contributed by atoms with Gasteiger partial charge in [0, 0.05) is 0 Å². The summed E-state index contributed by atoms with van der Waals surface area (Å²) in [4.78, 5) is 9.69. The molecule has 1 heteroatoms. The monoisotopic (exact) mass is 218 g/mol. The van der Waals surface area contributed by atoms with Gasteiger partial charge in [0.05, 0.1) is 0 Å². The van der Waals surface area contributed by atoms with Crippen molar-refractivity contribution in [2.75, 3.05) is 0 Å². The fourth-order valence-electron chi connectivity index (χ4n) is 1.40. The van der Waals surface area contributed by atoms with E-state index in [-0.39, 0.29) is 5.78 Å². The highest BCUT2D eigenvalue weighted by atomic mass is 16.1. The number of aryl methyl sites for hydroxylation is 3. The minimum absolute atomic E-state index is 0.0185. The molecule has 88 valence electrons. The van der Waals surface area contributed by atoms with Gasteiger partial charge in [-0.3, -0.25) is 4.79 Å². The number of rotatable bonds is 3. The Labute approximate surface area is 99.2 Å². The average Bonchev–Trinajstić information content (AvgIpc) is 2.23. The molecule has 0 saturated carbocycles. The van der Waals surface area contributed by atoms with Crippen LogP contribution in [0.3, 0.4) is 0 Å². The smallest absolute Gasteiger partial charge is 0.152 e. The predicted octanol–water partition coefficient (Wildman–Crippen LogP) is 4.02. The molecule has 0 unspecified atom stereocenters. The van der Waals surface area contributed by atoms with Gasteiger partial charge in [-0.15, -0.1) is 0 Å². The van der Waals surface area contributed by atoms with E-state index in [0.717, 1.165) is 0 Å². The second kappa shape index (κ2) is 7.86. The molecule has 0 aliphatic rings. The molecule has 0 N–H and O–H groups in total. The molecule has 1 rings (SSSR count). The van der Waals surface area contributed by atoms with Crippen LogP contribution in [-0.2, 0) is 11.2 Å². The van der Waals surface area contributed by atoms with Crippen LogP contribution in [0.5, 0.6) is 0 Å². The maximum atomic E-state index is 9.69. The lowest BCUT2D eigenvalue weighted by atomic mass is 10.0. The molecule has 0 aromatic heterocycles. The number of carbonyl (C=O) groups excluding carboxylic acids is 1. The number of benzene rings is 1. The quantitative estimate of drug-likeness (QED) is 0.700. The van der Waals surface area contributed by atoms with Crippen LogP contribution in [0.4, 0.5) is 0 Å². The third-order valence-corrected chi connectivity index (χ3v) is 2.30. The minimum Gasteiger partial charge on any atom is -0.295 e. The van der Waals surface area contributed by atoms with Crippen LogP contribution in [0.1, 0.15) is 37.0 Å². The van der Waals surface area contributed by atoms with E-state index in [2.05, 4.69) is 45.5 Å².